The van der Waals surface area contributed by atoms with Crippen LogP contribution in [-0.2, 0) is 0 Å². The summed E-state index contributed by atoms with van der Waals surface area (Å²) >= 11 is 0. The van der Waals surface area contributed by atoms with E-state index >= 15 is 0 Å². The summed E-state index contributed by atoms with van der Waals surface area (Å²) in [6.45, 7) is 0. The number of carbonyl (C=O) groups excluding carboxylic acids is 1. The van der Waals surface area contributed by atoms with Gasteiger partial charge in [0.2, 0.25) is 0 Å². The molecule has 96 valence electrons. The Morgan fingerprint density at radius 3 is 2.74 bits per heavy atom. The molecule has 0 unspecified atom stereocenters. The van der Waals surface area contributed by atoms with Crippen molar-refractivity contribution in [2.75, 3.05) is 5.32 Å². The first-order valence-corrected chi connectivity index (χ1v) is 5.26. The molecule has 0 aliphatic heterocycles. The molecular formula is C12H9N3O4. The van der Waals surface area contributed by atoms with Crippen molar-refractivity contribution >= 4 is 17.6 Å². The highest BCUT2D eigenvalue weighted by atomic mass is 16.4. The van der Waals surface area contributed by atoms with Gasteiger partial charge in [-0.05, 0) is 18.2 Å². The molecule has 0 atom stereocenters. The predicted molar refractivity (Wildman–Crippen MR) is 66.2 cm³/mol. The van der Waals surface area contributed by atoms with E-state index in [0.29, 0.717) is 5.69 Å². The molecule has 0 fully saturated rings. The minimum Gasteiger partial charge on any atom is -0.478 e. The molecule has 7 heteroatoms. The lowest BCUT2D eigenvalue weighted by Crippen LogP contribution is -2.17. The first-order chi connectivity index (χ1) is 9.06. The molecule has 2 aromatic rings. The molecule has 1 aromatic carbocycles. The number of nitrogens with zero attached hydrogens (tertiary/aromatic N) is 1. The fourth-order valence-corrected chi connectivity index (χ4v) is 1.39. The Morgan fingerprint density at radius 2 is 2.11 bits per heavy atom. The quantitative estimate of drug-likeness (QED) is 0.751. The number of aromatic nitrogens is 2. The summed E-state index contributed by atoms with van der Waals surface area (Å²) < 4.78 is 0. The fraction of sp³-hybridized carbons (Fsp3) is 0. The number of rotatable bonds is 3. The third kappa shape index (κ3) is 3.03. The van der Waals surface area contributed by atoms with Crippen LogP contribution in [0.5, 0.6) is 0 Å². The van der Waals surface area contributed by atoms with Crippen molar-refractivity contribution < 1.29 is 14.7 Å². The van der Waals surface area contributed by atoms with E-state index in [-0.39, 0.29) is 11.3 Å². The van der Waals surface area contributed by atoms with E-state index in [2.05, 4.69) is 15.3 Å². The van der Waals surface area contributed by atoms with E-state index in [0.717, 1.165) is 6.20 Å². The normalized spacial score (nSPS) is 9.89. The number of carboxylic acids is 1. The zero-order valence-corrected chi connectivity index (χ0v) is 9.58. The van der Waals surface area contributed by atoms with Crippen molar-refractivity contribution in [3.63, 3.8) is 0 Å². The predicted octanol–water partition coefficient (Wildman–Crippen LogP) is 0.720. The first-order valence-electron chi connectivity index (χ1n) is 5.26. The third-order valence-electron chi connectivity index (χ3n) is 2.27. The van der Waals surface area contributed by atoms with Gasteiger partial charge in [0.25, 0.3) is 11.5 Å². The summed E-state index contributed by atoms with van der Waals surface area (Å²) in [5, 5.41) is 11.3. The van der Waals surface area contributed by atoms with Crippen LogP contribution >= 0.6 is 0 Å². The smallest absolute Gasteiger partial charge is 0.335 e. The number of carboxylic acid groups (broad SMARTS) is 1. The third-order valence-corrected chi connectivity index (χ3v) is 2.27. The number of amides is 1. The van der Waals surface area contributed by atoms with Gasteiger partial charge in [0.1, 0.15) is 5.69 Å². The molecule has 1 heterocycles. The minimum atomic E-state index is -1.08. The zero-order chi connectivity index (χ0) is 13.8. The Hall–Kier alpha value is -2.96. The number of benzene rings is 1. The topological polar surface area (TPSA) is 112 Å². The SMILES string of the molecule is O=C(O)c1cccc(NC(=O)c2c[nH]c(=O)cn2)c1. The van der Waals surface area contributed by atoms with Gasteiger partial charge in [0, 0.05) is 11.9 Å². The van der Waals surface area contributed by atoms with E-state index in [1.807, 2.05) is 0 Å². The molecule has 0 spiro atoms. The number of aromatic carboxylic acids is 1. The average molecular weight is 259 g/mol. The van der Waals surface area contributed by atoms with Gasteiger partial charge >= 0.3 is 5.97 Å². The number of H-pyrrole nitrogens is 1. The lowest BCUT2D eigenvalue weighted by atomic mass is 10.2. The first kappa shape index (κ1) is 12.5. The molecule has 19 heavy (non-hydrogen) atoms. The Balaban J connectivity index is 2.19. The molecule has 0 aliphatic rings. The number of hydrogen-bond donors (Lipinski definition) is 3. The summed E-state index contributed by atoms with van der Waals surface area (Å²) in [5.41, 5.74) is 0.00915. The van der Waals surface area contributed by atoms with Gasteiger partial charge in [-0.2, -0.15) is 0 Å². The van der Waals surface area contributed by atoms with Crippen LogP contribution in [0.2, 0.25) is 0 Å². The minimum absolute atomic E-state index is 0.0281. The van der Waals surface area contributed by atoms with E-state index in [1.54, 1.807) is 6.07 Å². The van der Waals surface area contributed by atoms with Crippen LogP contribution in [-0.4, -0.2) is 27.0 Å². The molecule has 0 radical (unpaired) electrons. The zero-order valence-electron chi connectivity index (χ0n) is 9.58. The maximum atomic E-state index is 11.8. The number of nitrogens with one attached hydrogen (secondary N) is 2. The molecule has 2 rings (SSSR count). The van der Waals surface area contributed by atoms with Crippen molar-refractivity contribution in [2.45, 2.75) is 0 Å². The van der Waals surface area contributed by atoms with Crippen molar-refractivity contribution in [1.82, 2.24) is 9.97 Å². The molecule has 1 aromatic heterocycles. The van der Waals surface area contributed by atoms with Crippen molar-refractivity contribution in [3.8, 4) is 0 Å². The molecule has 7 nitrogen and oxygen atoms in total. The molecule has 1 amide bonds. The summed E-state index contributed by atoms with van der Waals surface area (Å²) in [7, 11) is 0. The van der Waals surface area contributed by atoms with Crippen LogP contribution in [0.25, 0.3) is 0 Å². The van der Waals surface area contributed by atoms with E-state index in [1.165, 1.54) is 24.4 Å². The maximum Gasteiger partial charge on any atom is 0.335 e. The van der Waals surface area contributed by atoms with E-state index in [9.17, 15) is 14.4 Å². The van der Waals surface area contributed by atoms with Crippen LogP contribution in [0.3, 0.4) is 0 Å². The highest BCUT2D eigenvalue weighted by Crippen LogP contribution is 2.11. The largest absolute Gasteiger partial charge is 0.478 e. The molecule has 0 bridgehead atoms. The molecule has 0 aliphatic carbocycles. The number of anilines is 1. The Bertz CT molecular complexity index is 673. The van der Waals surface area contributed by atoms with Crippen molar-refractivity contribution in [1.29, 1.82) is 0 Å². The lowest BCUT2D eigenvalue weighted by molar-refractivity contribution is 0.0696. The number of carbonyl (C=O) groups is 2. The van der Waals surface area contributed by atoms with Gasteiger partial charge in [-0.3, -0.25) is 9.59 Å². The number of hydrogen-bond acceptors (Lipinski definition) is 4. The monoisotopic (exact) mass is 259 g/mol. The second kappa shape index (κ2) is 5.13. The Kier molecular flexibility index (Phi) is 3.37. The second-order valence-corrected chi connectivity index (χ2v) is 3.64. The van der Waals surface area contributed by atoms with Gasteiger partial charge in [-0.1, -0.05) is 6.07 Å². The van der Waals surface area contributed by atoms with Crippen LogP contribution < -0.4 is 10.9 Å². The Labute approximate surface area is 106 Å². The molecule has 0 saturated heterocycles. The lowest BCUT2D eigenvalue weighted by Gasteiger charge is -2.05. The molecule has 0 saturated carbocycles. The molecule has 3 N–H and O–H groups in total. The van der Waals surface area contributed by atoms with Crippen LogP contribution in [0, 0.1) is 0 Å². The summed E-state index contributed by atoms with van der Waals surface area (Å²) in [5.74, 6) is -1.63. The van der Waals surface area contributed by atoms with Gasteiger partial charge in [-0.15, -0.1) is 0 Å². The second-order valence-electron chi connectivity index (χ2n) is 3.64. The van der Waals surface area contributed by atoms with E-state index in [4.69, 9.17) is 5.11 Å². The van der Waals surface area contributed by atoms with Crippen LogP contribution in [0.1, 0.15) is 20.8 Å². The molecular weight excluding hydrogens is 250 g/mol. The van der Waals surface area contributed by atoms with Gasteiger partial charge in [-0.25, -0.2) is 9.78 Å². The van der Waals surface area contributed by atoms with E-state index < -0.39 is 17.4 Å². The highest BCUT2D eigenvalue weighted by molar-refractivity contribution is 6.03. The van der Waals surface area contributed by atoms with Crippen molar-refractivity contribution in [2.24, 2.45) is 0 Å². The van der Waals surface area contributed by atoms with Crippen LogP contribution in [0.4, 0.5) is 5.69 Å². The average Bonchev–Trinajstić information content (AvgIpc) is 2.39. The van der Waals surface area contributed by atoms with Crippen molar-refractivity contribution in [3.05, 3.63) is 58.3 Å². The summed E-state index contributed by atoms with van der Waals surface area (Å²) in [6, 6.07) is 5.80. The maximum absolute atomic E-state index is 11.8. The van der Waals surface area contributed by atoms with Gasteiger partial charge in [0.05, 0.1) is 11.8 Å². The summed E-state index contributed by atoms with van der Waals surface area (Å²) in [6.07, 6.45) is 2.17. The van der Waals surface area contributed by atoms with Gasteiger partial charge in [0.15, 0.2) is 0 Å². The van der Waals surface area contributed by atoms with Gasteiger partial charge < -0.3 is 15.4 Å². The summed E-state index contributed by atoms with van der Waals surface area (Å²) in [4.78, 5) is 39.3. The number of aromatic amines is 1. The Morgan fingerprint density at radius 1 is 1.32 bits per heavy atom. The van der Waals surface area contributed by atoms with Crippen LogP contribution in [0.15, 0.2) is 41.5 Å². The standard InChI is InChI=1S/C12H9N3O4/c16-10-6-13-9(5-14-10)11(17)15-8-3-1-2-7(4-8)12(18)19/h1-6H,(H,14,16)(H,15,17)(H,18,19). The fourth-order valence-electron chi connectivity index (χ4n) is 1.39. The highest BCUT2D eigenvalue weighted by Gasteiger charge is 2.09.